The van der Waals surface area contributed by atoms with Crippen molar-refractivity contribution < 1.29 is 4.79 Å². The number of para-hydroxylation sites is 1. The van der Waals surface area contributed by atoms with Gasteiger partial charge in [0, 0.05) is 25.3 Å². The molecule has 1 atom stereocenters. The molecule has 156 valence electrons. The minimum Gasteiger partial charge on any atom is -0.343 e. The van der Waals surface area contributed by atoms with Gasteiger partial charge in [0.1, 0.15) is 5.39 Å². The van der Waals surface area contributed by atoms with Crippen LogP contribution in [-0.2, 0) is 4.79 Å². The number of amides is 1. The Bertz CT molecular complexity index is 1160. The van der Waals surface area contributed by atoms with Crippen LogP contribution in [0.25, 0.3) is 16.7 Å². The number of carbonyl (C=O) groups excluding carboxylic acids is 1. The molecule has 1 fully saturated rings. The van der Waals surface area contributed by atoms with Gasteiger partial charge in [-0.15, -0.1) is 0 Å². The van der Waals surface area contributed by atoms with Crippen LogP contribution in [0.5, 0.6) is 0 Å². The Morgan fingerprint density at radius 1 is 1.17 bits per heavy atom. The average molecular weight is 424 g/mol. The molecule has 1 aromatic carbocycles. The van der Waals surface area contributed by atoms with Gasteiger partial charge >= 0.3 is 0 Å². The largest absolute Gasteiger partial charge is 0.343 e. The van der Waals surface area contributed by atoms with Gasteiger partial charge in [-0.05, 0) is 31.4 Å². The summed E-state index contributed by atoms with van der Waals surface area (Å²) in [5.74, 6) is 0.851. The highest BCUT2D eigenvalue weighted by Gasteiger charge is 2.31. The summed E-state index contributed by atoms with van der Waals surface area (Å²) in [4.78, 5) is 32.9. The lowest BCUT2D eigenvalue weighted by atomic mass is 10.2. The van der Waals surface area contributed by atoms with Crippen LogP contribution in [0.3, 0.4) is 0 Å². The molecule has 0 bridgehead atoms. The number of rotatable bonds is 3. The highest BCUT2D eigenvalue weighted by molar-refractivity contribution is 7.99. The van der Waals surface area contributed by atoms with Gasteiger partial charge in [-0.1, -0.05) is 42.8 Å². The van der Waals surface area contributed by atoms with E-state index in [1.807, 2.05) is 36.1 Å². The van der Waals surface area contributed by atoms with E-state index in [2.05, 4.69) is 5.10 Å². The molecular weight excluding hydrogens is 398 g/mol. The van der Waals surface area contributed by atoms with Crippen LogP contribution in [0.15, 0.2) is 40.4 Å². The van der Waals surface area contributed by atoms with Crippen molar-refractivity contribution >= 4 is 28.7 Å². The Kier molecular flexibility index (Phi) is 5.10. The Labute approximate surface area is 179 Å². The number of hydrogen-bond acceptors (Lipinski definition) is 5. The number of thioether (sulfide) groups is 1. The summed E-state index contributed by atoms with van der Waals surface area (Å²) in [6.07, 6.45) is 6.49. The molecule has 1 unspecified atom stereocenters. The Hall–Kier alpha value is -2.61. The minimum absolute atomic E-state index is 0.103. The van der Waals surface area contributed by atoms with Gasteiger partial charge in [-0.2, -0.15) is 5.10 Å². The standard InChI is InChI=1S/C22H25N5O2S/c1-15-8-4-5-9-18(15)27-20-17(13-23-27)21(29)26-16(14-30-22(26)24-20)12-19(28)25-10-6-2-3-7-11-25/h4-5,8-9,13,16H,2-3,6-7,10-12,14H2,1H3. The summed E-state index contributed by atoms with van der Waals surface area (Å²) in [6.45, 7) is 3.68. The van der Waals surface area contributed by atoms with E-state index in [1.165, 1.54) is 12.8 Å². The molecular formula is C22H25N5O2S. The smallest absolute Gasteiger partial charge is 0.265 e. The van der Waals surface area contributed by atoms with Crippen LogP contribution in [0.2, 0.25) is 0 Å². The van der Waals surface area contributed by atoms with Crippen LogP contribution < -0.4 is 5.56 Å². The molecule has 30 heavy (non-hydrogen) atoms. The minimum atomic E-state index is -0.146. The highest BCUT2D eigenvalue weighted by atomic mass is 32.2. The van der Waals surface area contributed by atoms with E-state index in [0.717, 1.165) is 37.2 Å². The van der Waals surface area contributed by atoms with Crippen molar-refractivity contribution in [1.29, 1.82) is 0 Å². The second kappa shape index (κ2) is 7.91. The number of carbonyl (C=O) groups is 1. The number of nitrogens with zero attached hydrogens (tertiary/aromatic N) is 5. The van der Waals surface area contributed by atoms with Crippen molar-refractivity contribution in [3.63, 3.8) is 0 Å². The fourth-order valence-electron chi connectivity index (χ4n) is 4.41. The predicted molar refractivity (Wildman–Crippen MR) is 117 cm³/mol. The Morgan fingerprint density at radius 2 is 1.93 bits per heavy atom. The number of aromatic nitrogens is 4. The maximum atomic E-state index is 13.3. The highest BCUT2D eigenvalue weighted by Crippen LogP contribution is 2.34. The zero-order valence-corrected chi connectivity index (χ0v) is 17.9. The van der Waals surface area contributed by atoms with Gasteiger partial charge in [0.25, 0.3) is 5.56 Å². The van der Waals surface area contributed by atoms with Crippen LogP contribution >= 0.6 is 11.8 Å². The molecule has 8 heteroatoms. The molecule has 3 aromatic rings. The first-order chi connectivity index (χ1) is 14.6. The summed E-state index contributed by atoms with van der Waals surface area (Å²) in [7, 11) is 0. The van der Waals surface area contributed by atoms with Gasteiger partial charge in [-0.25, -0.2) is 9.67 Å². The van der Waals surface area contributed by atoms with Crippen LogP contribution in [-0.4, -0.2) is 49.0 Å². The third kappa shape index (κ3) is 3.33. The van der Waals surface area contributed by atoms with E-state index >= 15 is 0 Å². The molecule has 0 N–H and O–H groups in total. The van der Waals surface area contributed by atoms with Crippen LogP contribution in [0.1, 0.15) is 43.7 Å². The maximum absolute atomic E-state index is 13.3. The summed E-state index contributed by atoms with van der Waals surface area (Å²) < 4.78 is 3.45. The van der Waals surface area contributed by atoms with Gasteiger partial charge in [-0.3, -0.25) is 14.2 Å². The second-order valence-electron chi connectivity index (χ2n) is 8.11. The fraction of sp³-hybridized carbons (Fsp3) is 0.455. The summed E-state index contributed by atoms with van der Waals surface area (Å²) >= 11 is 1.55. The van der Waals surface area contributed by atoms with Gasteiger partial charge < -0.3 is 4.90 Å². The maximum Gasteiger partial charge on any atom is 0.265 e. The van der Waals surface area contributed by atoms with E-state index in [9.17, 15) is 9.59 Å². The summed E-state index contributed by atoms with van der Waals surface area (Å²) in [6, 6.07) is 7.78. The van der Waals surface area contributed by atoms with Gasteiger partial charge in [0.2, 0.25) is 5.91 Å². The molecule has 7 nitrogen and oxygen atoms in total. The molecule has 0 spiro atoms. The van der Waals surface area contributed by atoms with E-state index in [1.54, 1.807) is 27.2 Å². The molecule has 0 aliphatic carbocycles. The Balaban J connectivity index is 1.48. The van der Waals surface area contributed by atoms with E-state index < -0.39 is 0 Å². The zero-order chi connectivity index (χ0) is 20.7. The zero-order valence-electron chi connectivity index (χ0n) is 17.1. The van der Waals surface area contributed by atoms with Gasteiger partial charge in [0.05, 0.1) is 17.9 Å². The van der Waals surface area contributed by atoms with E-state index in [-0.39, 0.29) is 17.5 Å². The first kappa shape index (κ1) is 19.4. The predicted octanol–water partition coefficient (Wildman–Crippen LogP) is 3.33. The number of hydrogen-bond donors (Lipinski definition) is 0. The molecule has 1 saturated heterocycles. The van der Waals surface area contributed by atoms with Crippen molar-refractivity contribution in [1.82, 2.24) is 24.2 Å². The number of aryl methyl sites for hydroxylation is 1. The molecule has 0 radical (unpaired) electrons. The lowest BCUT2D eigenvalue weighted by Crippen LogP contribution is -2.35. The van der Waals surface area contributed by atoms with Crippen molar-refractivity contribution in [3.8, 4) is 5.69 Å². The average Bonchev–Trinajstić information content (AvgIpc) is 3.23. The monoisotopic (exact) mass is 423 g/mol. The van der Waals surface area contributed by atoms with Crippen molar-refractivity contribution in [2.75, 3.05) is 18.8 Å². The van der Waals surface area contributed by atoms with Crippen LogP contribution in [0.4, 0.5) is 0 Å². The van der Waals surface area contributed by atoms with E-state index in [4.69, 9.17) is 4.98 Å². The first-order valence-electron chi connectivity index (χ1n) is 10.6. The molecule has 0 saturated carbocycles. The van der Waals surface area contributed by atoms with Crippen molar-refractivity contribution in [2.45, 2.75) is 50.2 Å². The third-order valence-corrected chi connectivity index (χ3v) is 7.18. The number of benzene rings is 1. The van der Waals surface area contributed by atoms with Crippen LogP contribution in [0, 0.1) is 6.92 Å². The van der Waals surface area contributed by atoms with Crippen molar-refractivity contribution in [3.05, 3.63) is 46.4 Å². The molecule has 1 amide bonds. The Morgan fingerprint density at radius 3 is 2.70 bits per heavy atom. The topological polar surface area (TPSA) is 73.0 Å². The lowest BCUT2D eigenvalue weighted by molar-refractivity contribution is -0.131. The number of likely N-dealkylation sites (tertiary alicyclic amines) is 1. The first-order valence-corrected chi connectivity index (χ1v) is 11.6. The lowest BCUT2D eigenvalue weighted by Gasteiger charge is -2.22. The fourth-order valence-corrected chi connectivity index (χ4v) is 5.54. The molecule has 2 aromatic heterocycles. The molecule has 2 aliphatic rings. The SMILES string of the molecule is Cc1ccccc1-n1ncc2c(=O)n3c(nc21)SCC3CC(=O)N1CCCCCC1. The molecule has 5 rings (SSSR count). The number of fused-ring (bicyclic) bond motifs is 2. The van der Waals surface area contributed by atoms with E-state index in [0.29, 0.717) is 28.4 Å². The second-order valence-corrected chi connectivity index (χ2v) is 9.10. The quantitative estimate of drug-likeness (QED) is 0.604. The summed E-state index contributed by atoms with van der Waals surface area (Å²) in [5, 5.41) is 5.63. The molecule has 2 aliphatic heterocycles. The third-order valence-electron chi connectivity index (χ3n) is 6.08. The summed E-state index contributed by atoms with van der Waals surface area (Å²) in [5.41, 5.74) is 2.46. The van der Waals surface area contributed by atoms with Gasteiger partial charge in [0.15, 0.2) is 10.8 Å². The van der Waals surface area contributed by atoms with Crippen molar-refractivity contribution in [2.24, 2.45) is 0 Å². The normalized spacial score (nSPS) is 19.1. The molecule has 4 heterocycles.